The smallest absolute Gasteiger partial charge is 0.395 e. The molecule has 174 valence electrons. The third-order valence-electron chi connectivity index (χ3n) is 3.50. The van der Waals surface area contributed by atoms with Crippen LogP contribution in [0.15, 0.2) is 84.9 Å². The monoisotopic (exact) mass is 496 g/mol. The van der Waals surface area contributed by atoms with E-state index in [1.807, 2.05) is 24.3 Å². The van der Waals surface area contributed by atoms with E-state index in [4.69, 9.17) is 9.47 Å². The molecule has 0 N–H and O–H groups in total. The molecule has 32 heavy (non-hydrogen) atoms. The molecule has 0 aliphatic rings. The summed E-state index contributed by atoms with van der Waals surface area (Å²) in [5, 5.41) is 0. The van der Waals surface area contributed by atoms with E-state index in [1.165, 1.54) is 22.9 Å². The molecule has 0 atom stereocenters. The molecule has 0 aromatic heterocycles. The molecule has 0 radical (unpaired) electrons. The molecule has 3 aromatic carbocycles. The summed E-state index contributed by atoms with van der Waals surface area (Å²) in [4.78, 5) is 11.7. The van der Waals surface area contributed by atoms with Gasteiger partial charge in [0.2, 0.25) is 0 Å². The van der Waals surface area contributed by atoms with Crippen molar-refractivity contribution in [1.82, 2.24) is 0 Å². The molecular formula is C21H19F6O3PS. The van der Waals surface area contributed by atoms with Crippen LogP contribution >= 0.6 is 7.81 Å². The summed E-state index contributed by atoms with van der Waals surface area (Å²) in [7, 11) is -10.7. The molecule has 3 nitrogen and oxygen atoms in total. The minimum Gasteiger partial charge on any atom is -0.395 e. The van der Waals surface area contributed by atoms with Crippen LogP contribution in [0.25, 0.3) is 0 Å². The Bertz CT molecular complexity index is 988. The number of hydrogen-bond donors (Lipinski definition) is 0. The predicted molar refractivity (Wildman–Crippen MR) is 116 cm³/mol. The summed E-state index contributed by atoms with van der Waals surface area (Å²) < 4.78 is 69.5. The number of para-hydroxylation sites is 1. The number of hydrogen-bond acceptors (Lipinski definition) is 3. The van der Waals surface area contributed by atoms with Crippen molar-refractivity contribution in [1.29, 1.82) is 0 Å². The van der Waals surface area contributed by atoms with Gasteiger partial charge in [-0.15, -0.1) is 0 Å². The Hall–Kier alpha value is -2.71. The zero-order valence-corrected chi connectivity index (χ0v) is 18.2. The van der Waals surface area contributed by atoms with Gasteiger partial charge in [-0.2, -0.15) is 0 Å². The Morgan fingerprint density at radius 3 is 1.47 bits per heavy atom. The summed E-state index contributed by atoms with van der Waals surface area (Å²) in [5.74, 6) is 2.93. The first-order chi connectivity index (χ1) is 14.7. The summed E-state index contributed by atoms with van der Waals surface area (Å²) in [6.45, 7) is 0. The van der Waals surface area contributed by atoms with E-state index in [-0.39, 0.29) is 0 Å². The first-order valence-corrected chi connectivity index (χ1v) is 12.3. The molecule has 0 bridgehead atoms. The van der Waals surface area contributed by atoms with Crippen molar-refractivity contribution >= 4 is 25.7 Å². The third-order valence-corrected chi connectivity index (χ3v) is 4.68. The van der Waals surface area contributed by atoms with Gasteiger partial charge < -0.3 is 9.47 Å². The van der Waals surface area contributed by atoms with Crippen molar-refractivity contribution in [3.05, 3.63) is 96.1 Å². The molecule has 0 amide bonds. The normalized spacial score (nSPS) is 13.1. The van der Waals surface area contributed by atoms with E-state index in [2.05, 4.69) is 24.3 Å². The number of halogens is 6. The Morgan fingerprint density at radius 1 is 0.625 bits per heavy atom. The SMILES string of the molecule is F[P-](F)(F)(F)(F)F.O=C(Oc1ccccc1)Oc1ccc(C[SH+]Cc2ccccc2)cc1. The molecule has 0 spiro atoms. The number of ether oxygens (including phenoxy) is 2. The van der Waals surface area contributed by atoms with Crippen LogP contribution in [0, 0.1) is 0 Å². The summed E-state index contributed by atoms with van der Waals surface area (Å²) in [5.41, 5.74) is 2.55. The topological polar surface area (TPSA) is 35.5 Å². The number of carbonyl (C=O) groups excluding carboxylic acids is 1. The molecular weight excluding hydrogens is 477 g/mol. The summed E-state index contributed by atoms with van der Waals surface area (Å²) in [6, 6.07) is 26.8. The van der Waals surface area contributed by atoms with Crippen LogP contribution in [0.5, 0.6) is 11.5 Å². The van der Waals surface area contributed by atoms with Crippen molar-refractivity contribution in [2.75, 3.05) is 0 Å². The molecule has 0 saturated carbocycles. The number of rotatable bonds is 6. The van der Waals surface area contributed by atoms with Gasteiger partial charge in [0, 0.05) is 11.1 Å². The molecule has 3 aromatic rings. The van der Waals surface area contributed by atoms with Crippen molar-refractivity contribution in [3.8, 4) is 11.5 Å². The molecule has 11 heteroatoms. The average Bonchev–Trinajstić information content (AvgIpc) is 2.68. The summed E-state index contributed by atoms with van der Waals surface area (Å²) in [6.07, 6.45) is -0.735. The second-order valence-electron chi connectivity index (χ2n) is 6.39. The Balaban J connectivity index is 0.000000451. The van der Waals surface area contributed by atoms with Crippen LogP contribution < -0.4 is 9.47 Å². The second kappa shape index (κ2) is 9.83. The fraction of sp³-hybridized carbons (Fsp3) is 0.0952. The quantitative estimate of drug-likeness (QED) is 0.0863. The minimum atomic E-state index is -10.7. The molecule has 3 rings (SSSR count). The second-order valence-corrected chi connectivity index (χ2v) is 9.39. The summed E-state index contributed by atoms with van der Waals surface area (Å²) >= 11 is 1.34. The minimum absolute atomic E-state index is 0.462. The van der Waals surface area contributed by atoms with Gasteiger partial charge >= 0.3 is 39.1 Å². The van der Waals surface area contributed by atoms with Gasteiger partial charge in [0.25, 0.3) is 0 Å². The largest absolute Gasteiger partial charge is 0.519 e. The van der Waals surface area contributed by atoms with Crippen molar-refractivity contribution < 1.29 is 39.4 Å². The molecule has 0 fully saturated rings. The van der Waals surface area contributed by atoms with Crippen LogP contribution in [0.1, 0.15) is 11.1 Å². The van der Waals surface area contributed by atoms with Crippen molar-refractivity contribution in [2.45, 2.75) is 11.5 Å². The van der Waals surface area contributed by atoms with Gasteiger partial charge in [-0.05, 0) is 36.0 Å². The first-order valence-electron chi connectivity index (χ1n) is 9.02. The van der Waals surface area contributed by atoms with Crippen LogP contribution in [-0.2, 0) is 23.3 Å². The standard InChI is InChI=1S/C21H18O3S.F6P/c22-21(23-19-9-5-2-6-10-19)24-20-13-11-18(12-14-20)16-25-15-17-7-3-1-4-8-17;1-7(2,3,4,5)6/h1-14H,15-16H2;/q;-1/p+1. The number of thiol groups is 1. The van der Waals surface area contributed by atoms with E-state index in [1.54, 1.807) is 36.4 Å². The molecule has 0 saturated heterocycles. The zero-order valence-electron chi connectivity index (χ0n) is 16.4. The van der Waals surface area contributed by atoms with E-state index in [9.17, 15) is 30.0 Å². The van der Waals surface area contributed by atoms with Crippen LogP contribution in [-0.4, -0.2) is 6.16 Å². The Morgan fingerprint density at radius 2 is 1.00 bits per heavy atom. The third kappa shape index (κ3) is 13.6. The van der Waals surface area contributed by atoms with Crippen LogP contribution in [0.3, 0.4) is 0 Å². The first kappa shape index (κ1) is 25.5. The van der Waals surface area contributed by atoms with Crippen LogP contribution in [0.4, 0.5) is 30.0 Å². The molecule has 0 aliphatic carbocycles. The van der Waals surface area contributed by atoms with E-state index in [0.717, 1.165) is 11.5 Å². The molecule has 0 heterocycles. The molecule has 0 aliphatic heterocycles. The fourth-order valence-electron chi connectivity index (χ4n) is 2.26. The van der Waals surface area contributed by atoms with E-state index in [0.29, 0.717) is 11.5 Å². The maximum absolute atomic E-state index is 11.7. The van der Waals surface area contributed by atoms with Gasteiger partial charge in [-0.3, -0.25) is 0 Å². The number of benzene rings is 3. The van der Waals surface area contributed by atoms with Gasteiger partial charge in [-0.25, -0.2) is 4.79 Å². The number of carbonyl (C=O) groups is 1. The molecule has 0 unspecified atom stereocenters. The predicted octanol–water partition coefficient (Wildman–Crippen LogP) is 8.16. The Labute approximate surface area is 184 Å². The maximum Gasteiger partial charge on any atom is 0.519 e. The van der Waals surface area contributed by atoms with Crippen molar-refractivity contribution in [2.24, 2.45) is 0 Å². The van der Waals surface area contributed by atoms with Gasteiger partial charge in [0.05, 0.1) is 0 Å². The van der Waals surface area contributed by atoms with E-state index >= 15 is 0 Å². The van der Waals surface area contributed by atoms with Gasteiger partial charge in [0.15, 0.2) is 0 Å². The Kier molecular flexibility index (Phi) is 7.85. The van der Waals surface area contributed by atoms with Gasteiger partial charge in [-0.1, -0.05) is 60.7 Å². The van der Waals surface area contributed by atoms with Crippen molar-refractivity contribution in [3.63, 3.8) is 0 Å². The zero-order chi connectivity index (χ0) is 23.7. The van der Waals surface area contributed by atoms with Gasteiger partial charge in [0.1, 0.15) is 23.0 Å². The average molecular weight is 496 g/mol. The van der Waals surface area contributed by atoms with Crippen LogP contribution in [0.2, 0.25) is 0 Å². The fourth-order valence-corrected chi connectivity index (χ4v) is 3.31. The van der Waals surface area contributed by atoms with E-state index < -0.39 is 14.0 Å². The maximum atomic E-state index is 11.7.